The Morgan fingerprint density at radius 2 is 1.86 bits per heavy atom. The molecular formula is C18H26F3N3O3S. The summed E-state index contributed by atoms with van der Waals surface area (Å²) in [6.07, 6.45) is -3.28. The summed E-state index contributed by atoms with van der Waals surface area (Å²) in [7, 11) is -3.37. The first-order valence-electron chi connectivity index (χ1n) is 9.21. The van der Waals surface area contributed by atoms with Crippen LogP contribution in [0.2, 0.25) is 0 Å². The van der Waals surface area contributed by atoms with E-state index in [9.17, 15) is 26.4 Å². The highest BCUT2D eigenvalue weighted by Crippen LogP contribution is 2.33. The number of amides is 2. The summed E-state index contributed by atoms with van der Waals surface area (Å²) in [6, 6.07) is 2.91. The van der Waals surface area contributed by atoms with Crippen LogP contribution in [0.5, 0.6) is 0 Å². The lowest BCUT2D eigenvalue weighted by Crippen LogP contribution is -2.48. The summed E-state index contributed by atoms with van der Waals surface area (Å²) in [6.45, 7) is 5.54. The van der Waals surface area contributed by atoms with Gasteiger partial charge in [0, 0.05) is 24.8 Å². The van der Waals surface area contributed by atoms with Gasteiger partial charge in [-0.15, -0.1) is 0 Å². The van der Waals surface area contributed by atoms with Gasteiger partial charge in [0.2, 0.25) is 10.0 Å². The molecule has 1 aromatic rings. The van der Waals surface area contributed by atoms with Crippen molar-refractivity contribution in [3.8, 4) is 0 Å². The van der Waals surface area contributed by atoms with Crippen LogP contribution in [0.3, 0.4) is 0 Å². The van der Waals surface area contributed by atoms with E-state index in [-0.39, 0.29) is 18.0 Å². The number of alkyl halides is 3. The Kier molecular flexibility index (Phi) is 6.97. The first-order chi connectivity index (χ1) is 12.9. The monoisotopic (exact) mass is 421 g/mol. The van der Waals surface area contributed by atoms with Crippen molar-refractivity contribution in [3.63, 3.8) is 0 Å². The van der Waals surface area contributed by atoms with E-state index in [0.29, 0.717) is 31.6 Å². The fourth-order valence-electron chi connectivity index (χ4n) is 3.01. The average Bonchev–Trinajstić information content (AvgIpc) is 2.60. The molecule has 0 aromatic heterocycles. The Morgan fingerprint density at radius 1 is 1.25 bits per heavy atom. The van der Waals surface area contributed by atoms with Crippen LogP contribution < -0.4 is 10.0 Å². The molecule has 28 heavy (non-hydrogen) atoms. The predicted molar refractivity (Wildman–Crippen MR) is 102 cm³/mol. The van der Waals surface area contributed by atoms with E-state index in [2.05, 4.69) is 10.0 Å². The maximum absolute atomic E-state index is 13.0. The molecule has 2 rings (SSSR count). The Morgan fingerprint density at radius 3 is 2.36 bits per heavy atom. The number of carbonyl (C=O) groups is 1. The topological polar surface area (TPSA) is 78.5 Å². The molecule has 10 heteroatoms. The van der Waals surface area contributed by atoms with E-state index in [4.69, 9.17) is 0 Å². The van der Waals surface area contributed by atoms with E-state index in [1.54, 1.807) is 20.8 Å². The highest BCUT2D eigenvalue weighted by Gasteiger charge is 2.33. The summed E-state index contributed by atoms with van der Waals surface area (Å²) >= 11 is 0. The second kappa shape index (κ2) is 8.69. The zero-order chi connectivity index (χ0) is 21.1. The Labute approximate surface area is 163 Å². The van der Waals surface area contributed by atoms with E-state index >= 15 is 0 Å². The van der Waals surface area contributed by atoms with Crippen molar-refractivity contribution >= 4 is 21.7 Å². The lowest BCUT2D eigenvalue weighted by molar-refractivity contribution is -0.138. The lowest BCUT2D eigenvalue weighted by atomic mass is 10.0. The van der Waals surface area contributed by atoms with Gasteiger partial charge in [0.05, 0.1) is 10.8 Å². The first kappa shape index (κ1) is 22.5. The van der Waals surface area contributed by atoms with E-state index in [1.165, 1.54) is 17.0 Å². The molecular weight excluding hydrogens is 395 g/mol. The Balaban J connectivity index is 1.96. The fourth-order valence-corrected chi connectivity index (χ4v) is 3.98. The van der Waals surface area contributed by atoms with Gasteiger partial charge in [-0.3, -0.25) is 0 Å². The van der Waals surface area contributed by atoms with Crippen molar-refractivity contribution in [2.45, 2.75) is 57.5 Å². The number of anilines is 1. The number of likely N-dealkylation sites (tertiary alicyclic amines) is 1. The number of benzene rings is 1. The molecule has 1 aromatic carbocycles. The third-order valence-corrected chi connectivity index (χ3v) is 6.68. The van der Waals surface area contributed by atoms with E-state index < -0.39 is 33.0 Å². The molecule has 2 N–H and O–H groups in total. The average molecular weight is 421 g/mol. The third kappa shape index (κ3) is 5.60. The summed E-state index contributed by atoms with van der Waals surface area (Å²) in [4.78, 5) is 13.9. The molecule has 2 amide bonds. The number of sulfonamides is 1. The molecule has 6 nitrogen and oxygen atoms in total. The van der Waals surface area contributed by atoms with Gasteiger partial charge in [-0.05, 0) is 56.9 Å². The second-order valence-electron chi connectivity index (χ2n) is 7.13. The molecule has 0 atom stereocenters. The normalized spacial score (nSPS) is 16.5. The second-order valence-corrected chi connectivity index (χ2v) is 9.39. The molecule has 0 aliphatic carbocycles. The van der Waals surface area contributed by atoms with Gasteiger partial charge in [0.15, 0.2) is 0 Å². The van der Waals surface area contributed by atoms with Crippen molar-refractivity contribution in [3.05, 3.63) is 29.3 Å². The number of nitrogens with one attached hydrogen (secondary N) is 2. The number of rotatable bonds is 5. The number of hydrogen-bond donors (Lipinski definition) is 2. The van der Waals surface area contributed by atoms with Crippen LogP contribution >= 0.6 is 0 Å². The fraction of sp³-hybridized carbons (Fsp3) is 0.611. The van der Waals surface area contributed by atoms with Gasteiger partial charge in [-0.2, -0.15) is 13.2 Å². The van der Waals surface area contributed by atoms with Crippen molar-refractivity contribution in [2.24, 2.45) is 0 Å². The predicted octanol–water partition coefficient (Wildman–Crippen LogP) is 3.59. The summed E-state index contributed by atoms with van der Waals surface area (Å²) in [5.41, 5.74) is -0.282. The quantitative estimate of drug-likeness (QED) is 0.763. The van der Waals surface area contributed by atoms with Crippen molar-refractivity contribution in [1.82, 2.24) is 9.62 Å². The number of carbonyl (C=O) groups excluding carboxylic acids is 1. The SMILES string of the molecule is CCc1cc(NC(=O)N2CCC(NS(=O)(=O)C(C)C)CC2)ccc1C(F)(F)F. The standard InChI is InChI=1S/C18H26F3N3O3S/c1-4-13-11-15(5-6-16(13)18(19,20)21)22-17(25)24-9-7-14(8-10-24)23-28(26,27)12(2)3/h5-6,11-12,14,23H,4,7-10H2,1-3H3,(H,22,25). The molecule has 158 valence electrons. The van der Waals surface area contributed by atoms with Gasteiger partial charge in [0.1, 0.15) is 0 Å². The molecule has 0 unspecified atom stereocenters. The lowest BCUT2D eigenvalue weighted by Gasteiger charge is -2.32. The van der Waals surface area contributed by atoms with Crippen molar-refractivity contribution < 1.29 is 26.4 Å². The Bertz CT molecular complexity index is 802. The van der Waals surface area contributed by atoms with Crippen LogP contribution in [-0.4, -0.2) is 43.7 Å². The van der Waals surface area contributed by atoms with Crippen molar-refractivity contribution in [2.75, 3.05) is 18.4 Å². The highest BCUT2D eigenvalue weighted by molar-refractivity contribution is 7.90. The largest absolute Gasteiger partial charge is 0.416 e. The molecule has 1 aliphatic rings. The Hall–Kier alpha value is -1.81. The van der Waals surface area contributed by atoms with E-state index in [0.717, 1.165) is 6.07 Å². The zero-order valence-electron chi connectivity index (χ0n) is 16.1. The van der Waals surface area contributed by atoms with Crippen molar-refractivity contribution in [1.29, 1.82) is 0 Å². The van der Waals surface area contributed by atoms with Crippen LogP contribution in [0.15, 0.2) is 18.2 Å². The number of urea groups is 1. The number of hydrogen-bond acceptors (Lipinski definition) is 3. The minimum atomic E-state index is -4.43. The van der Waals surface area contributed by atoms with Crippen LogP contribution in [0.4, 0.5) is 23.7 Å². The summed E-state index contributed by atoms with van der Waals surface area (Å²) < 4.78 is 65.4. The smallest absolute Gasteiger partial charge is 0.324 e. The van der Waals surface area contributed by atoms with Crippen LogP contribution in [-0.2, 0) is 22.6 Å². The van der Waals surface area contributed by atoms with Gasteiger partial charge in [-0.25, -0.2) is 17.9 Å². The number of piperidine rings is 1. The molecule has 1 heterocycles. The molecule has 0 spiro atoms. The minimum absolute atomic E-state index is 0.118. The first-order valence-corrected chi connectivity index (χ1v) is 10.8. The molecule has 0 radical (unpaired) electrons. The van der Waals surface area contributed by atoms with Gasteiger partial charge < -0.3 is 10.2 Å². The molecule has 0 bridgehead atoms. The van der Waals surface area contributed by atoms with Gasteiger partial charge >= 0.3 is 12.2 Å². The molecule has 0 saturated carbocycles. The maximum atomic E-state index is 13.0. The van der Waals surface area contributed by atoms with Crippen LogP contribution in [0.25, 0.3) is 0 Å². The summed E-state index contributed by atoms with van der Waals surface area (Å²) in [5.74, 6) is 0. The third-order valence-electron chi connectivity index (χ3n) is 4.78. The van der Waals surface area contributed by atoms with Gasteiger partial charge in [0.25, 0.3) is 0 Å². The molecule has 1 aliphatic heterocycles. The number of aryl methyl sites for hydroxylation is 1. The number of nitrogens with zero attached hydrogens (tertiary/aromatic N) is 1. The zero-order valence-corrected chi connectivity index (χ0v) is 17.0. The number of halogens is 3. The van der Waals surface area contributed by atoms with Crippen LogP contribution in [0.1, 0.15) is 44.7 Å². The minimum Gasteiger partial charge on any atom is -0.324 e. The highest BCUT2D eigenvalue weighted by atomic mass is 32.2. The molecule has 1 fully saturated rings. The molecule has 1 saturated heterocycles. The summed E-state index contributed by atoms with van der Waals surface area (Å²) in [5, 5.41) is 2.10. The van der Waals surface area contributed by atoms with Gasteiger partial charge in [-0.1, -0.05) is 6.92 Å². The maximum Gasteiger partial charge on any atom is 0.416 e. The van der Waals surface area contributed by atoms with Crippen LogP contribution in [0, 0.1) is 0 Å². The van der Waals surface area contributed by atoms with E-state index in [1.807, 2.05) is 0 Å².